The minimum Gasteiger partial charge on any atom is -0.388 e. The van der Waals surface area contributed by atoms with Gasteiger partial charge in [-0.05, 0) is 51.5 Å². The molecule has 0 saturated carbocycles. The van der Waals surface area contributed by atoms with Crippen LogP contribution in [0.5, 0.6) is 0 Å². The standard InChI is InChI=1S/C12H18ClNO/c1-8-7-10(13)5-6-11(8)14-9(2)12(3,4)15/h5-7,9,14-15H,1-4H3. The lowest BCUT2D eigenvalue weighted by molar-refractivity contribution is 0.0649. The summed E-state index contributed by atoms with van der Waals surface area (Å²) in [4.78, 5) is 0. The molecule has 0 radical (unpaired) electrons. The molecular formula is C12H18ClNO. The molecule has 0 aromatic heterocycles. The first-order valence-corrected chi connectivity index (χ1v) is 5.43. The summed E-state index contributed by atoms with van der Waals surface area (Å²) in [6.07, 6.45) is 0. The summed E-state index contributed by atoms with van der Waals surface area (Å²) in [5.41, 5.74) is 1.35. The van der Waals surface area contributed by atoms with Crippen LogP contribution >= 0.6 is 11.6 Å². The van der Waals surface area contributed by atoms with Crippen LogP contribution in [-0.2, 0) is 0 Å². The van der Waals surface area contributed by atoms with Gasteiger partial charge in [0.2, 0.25) is 0 Å². The molecule has 2 nitrogen and oxygen atoms in total. The molecule has 15 heavy (non-hydrogen) atoms. The van der Waals surface area contributed by atoms with Crippen molar-refractivity contribution in [2.24, 2.45) is 0 Å². The minimum atomic E-state index is -0.744. The van der Waals surface area contributed by atoms with Crippen LogP contribution in [0.3, 0.4) is 0 Å². The molecule has 1 atom stereocenters. The summed E-state index contributed by atoms with van der Waals surface area (Å²) < 4.78 is 0. The van der Waals surface area contributed by atoms with E-state index in [1.807, 2.05) is 32.0 Å². The smallest absolute Gasteiger partial charge is 0.0789 e. The maximum absolute atomic E-state index is 9.80. The van der Waals surface area contributed by atoms with Crippen LogP contribution < -0.4 is 5.32 Å². The fraction of sp³-hybridized carbons (Fsp3) is 0.500. The molecule has 0 aliphatic heterocycles. The van der Waals surface area contributed by atoms with Gasteiger partial charge in [0, 0.05) is 10.7 Å². The number of nitrogens with one attached hydrogen (secondary N) is 1. The van der Waals surface area contributed by atoms with Crippen LogP contribution in [0.2, 0.25) is 5.02 Å². The molecule has 0 bridgehead atoms. The summed E-state index contributed by atoms with van der Waals surface area (Å²) in [6.45, 7) is 7.52. The molecule has 0 fully saturated rings. The Morgan fingerprint density at radius 1 is 1.40 bits per heavy atom. The third kappa shape index (κ3) is 3.40. The minimum absolute atomic E-state index is 0.0163. The molecule has 0 amide bonds. The Labute approximate surface area is 96.3 Å². The van der Waals surface area contributed by atoms with Crippen LogP contribution in [0.1, 0.15) is 26.3 Å². The number of hydrogen-bond donors (Lipinski definition) is 2. The zero-order valence-electron chi connectivity index (χ0n) is 9.63. The highest BCUT2D eigenvalue weighted by Crippen LogP contribution is 2.22. The molecule has 1 rings (SSSR count). The third-order valence-electron chi connectivity index (χ3n) is 2.62. The van der Waals surface area contributed by atoms with Gasteiger partial charge in [0.15, 0.2) is 0 Å². The summed E-state index contributed by atoms with van der Waals surface area (Å²) in [6, 6.07) is 5.66. The Morgan fingerprint density at radius 2 is 2.00 bits per heavy atom. The van der Waals surface area contributed by atoms with Crippen molar-refractivity contribution < 1.29 is 5.11 Å². The van der Waals surface area contributed by atoms with Crippen LogP contribution in [-0.4, -0.2) is 16.7 Å². The highest BCUT2D eigenvalue weighted by Gasteiger charge is 2.22. The van der Waals surface area contributed by atoms with Gasteiger partial charge >= 0.3 is 0 Å². The fourth-order valence-electron chi connectivity index (χ4n) is 1.20. The molecule has 1 aromatic rings. The maximum atomic E-state index is 9.80. The van der Waals surface area contributed by atoms with E-state index in [4.69, 9.17) is 11.6 Å². The van der Waals surface area contributed by atoms with Gasteiger partial charge in [-0.1, -0.05) is 11.6 Å². The SMILES string of the molecule is Cc1cc(Cl)ccc1NC(C)C(C)(C)O. The average molecular weight is 228 g/mol. The average Bonchev–Trinajstić information content (AvgIpc) is 2.08. The predicted molar refractivity (Wildman–Crippen MR) is 65.6 cm³/mol. The van der Waals surface area contributed by atoms with Gasteiger partial charge in [0.1, 0.15) is 0 Å². The molecule has 0 saturated heterocycles. The van der Waals surface area contributed by atoms with Gasteiger partial charge in [-0.25, -0.2) is 0 Å². The molecule has 0 aliphatic carbocycles. The molecule has 84 valence electrons. The van der Waals surface area contributed by atoms with Crippen molar-refractivity contribution in [2.75, 3.05) is 5.32 Å². The first kappa shape index (κ1) is 12.3. The zero-order chi connectivity index (χ0) is 11.6. The lowest BCUT2D eigenvalue weighted by atomic mass is 10.00. The van der Waals surface area contributed by atoms with E-state index in [2.05, 4.69) is 5.32 Å². The maximum Gasteiger partial charge on any atom is 0.0789 e. The number of aliphatic hydroxyl groups is 1. The van der Waals surface area contributed by atoms with E-state index in [-0.39, 0.29) is 6.04 Å². The van der Waals surface area contributed by atoms with E-state index in [9.17, 15) is 5.11 Å². The van der Waals surface area contributed by atoms with Crippen molar-refractivity contribution >= 4 is 17.3 Å². The van der Waals surface area contributed by atoms with E-state index in [1.54, 1.807) is 13.8 Å². The van der Waals surface area contributed by atoms with E-state index < -0.39 is 5.60 Å². The number of anilines is 1. The van der Waals surface area contributed by atoms with E-state index >= 15 is 0 Å². The topological polar surface area (TPSA) is 32.3 Å². The van der Waals surface area contributed by atoms with Crippen molar-refractivity contribution in [3.05, 3.63) is 28.8 Å². The Bertz CT molecular complexity index is 344. The molecular weight excluding hydrogens is 210 g/mol. The molecule has 2 N–H and O–H groups in total. The Hall–Kier alpha value is -0.730. The van der Waals surface area contributed by atoms with E-state index in [1.165, 1.54) is 0 Å². The number of benzene rings is 1. The summed E-state index contributed by atoms with van der Waals surface area (Å²) in [5, 5.41) is 13.8. The lowest BCUT2D eigenvalue weighted by Crippen LogP contribution is -2.39. The van der Waals surface area contributed by atoms with E-state index in [0.717, 1.165) is 16.3 Å². The van der Waals surface area contributed by atoms with Gasteiger partial charge in [0.25, 0.3) is 0 Å². The van der Waals surface area contributed by atoms with Gasteiger partial charge in [0.05, 0.1) is 11.6 Å². The van der Waals surface area contributed by atoms with Crippen molar-refractivity contribution in [3.63, 3.8) is 0 Å². The first-order valence-electron chi connectivity index (χ1n) is 5.06. The Morgan fingerprint density at radius 3 is 2.47 bits per heavy atom. The third-order valence-corrected chi connectivity index (χ3v) is 2.86. The highest BCUT2D eigenvalue weighted by atomic mass is 35.5. The largest absolute Gasteiger partial charge is 0.388 e. The summed E-state index contributed by atoms with van der Waals surface area (Å²) >= 11 is 5.87. The Balaban J connectivity index is 2.82. The monoisotopic (exact) mass is 227 g/mol. The summed E-state index contributed by atoms with van der Waals surface area (Å²) in [5.74, 6) is 0. The molecule has 1 aromatic carbocycles. The fourth-order valence-corrected chi connectivity index (χ4v) is 1.43. The Kier molecular flexibility index (Phi) is 3.63. The molecule has 3 heteroatoms. The molecule has 0 spiro atoms. The lowest BCUT2D eigenvalue weighted by Gasteiger charge is -2.28. The van der Waals surface area contributed by atoms with Crippen LogP contribution in [0.25, 0.3) is 0 Å². The predicted octanol–water partition coefficient (Wildman–Crippen LogP) is 3.22. The number of rotatable bonds is 3. The number of hydrogen-bond acceptors (Lipinski definition) is 2. The first-order chi connectivity index (χ1) is 6.80. The normalized spacial score (nSPS) is 13.7. The van der Waals surface area contributed by atoms with Gasteiger partial charge in [-0.3, -0.25) is 0 Å². The molecule has 0 aliphatic rings. The van der Waals surface area contributed by atoms with Gasteiger partial charge in [-0.2, -0.15) is 0 Å². The van der Waals surface area contributed by atoms with Crippen LogP contribution in [0.15, 0.2) is 18.2 Å². The zero-order valence-corrected chi connectivity index (χ0v) is 10.4. The van der Waals surface area contributed by atoms with Crippen LogP contribution in [0.4, 0.5) is 5.69 Å². The van der Waals surface area contributed by atoms with Crippen molar-refractivity contribution in [1.29, 1.82) is 0 Å². The van der Waals surface area contributed by atoms with Crippen molar-refractivity contribution in [2.45, 2.75) is 39.3 Å². The second-order valence-electron chi connectivity index (χ2n) is 4.48. The van der Waals surface area contributed by atoms with Crippen molar-refractivity contribution in [1.82, 2.24) is 0 Å². The van der Waals surface area contributed by atoms with Gasteiger partial charge < -0.3 is 10.4 Å². The number of halogens is 1. The van der Waals surface area contributed by atoms with E-state index in [0.29, 0.717) is 0 Å². The number of aryl methyl sites for hydroxylation is 1. The van der Waals surface area contributed by atoms with Crippen LogP contribution in [0, 0.1) is 6.92 Å². The van der Waals surface area contributed by atoms with Crippen molar-refractivity contribution in [3.8, 4) is 0 Å². The molecule has 0 heterocycles. The summed E-state index contributed by atoms with van der Waals surface area (Å²) in [7, 11) is 0. The second kappa shape index (κ2) is 4.42. The highest BCUT2D eigenvalue weighted by molar-refractivity contribution is 6.30. The second-order valence-corrected chi connectivity index (χ2v) is 4.92. The van der Waals surface area contributed by atoms with Gasteiger partial charge in [-0.15, -0.1) is 0 Å². The quantitative estimate of drug-likeness (QED) is 0.831. The molecule has 1 unspecified atom stereocenters.